The zero-order chi connectivity index (χ0) is 20.2. The van der Waals surface area contributed by atoms with Crippen molar-refractivity contribution in [2.45, 2.75) is 6.42 Å². The molecule has 0 saturated heterocycles. The molecule has 0 spiro atoms. The molecule has 2 aromatic carbocycles. The van der Waals surface area contributed by atoms with Gasteiger partial charge in [0, 0.05) is 29.2 Å². The Labute approximate surface area is 169 Å². The molecule has 1 amide bonds. The van der Waals surface area contributed by atoms with E-state index in [-0.39, 0.29) is 5.91 Å². The molecule has 142 valence electrons. The Balaban J connectivity index is 1.83. The normalized spacial score (nSPS) is 10.8. The number of aromatic nitrogens is 2. The van der Waals surface area contributed by atoms with Crippen molar-refractivity contribution in [2.75, 3.05) is 11.4 Å². The summed E-state index contributed by atoms with van der Waals surface area (Å²) in [5.41, 5.74) is 3.78. The second-order valence-electron chi connectivity index (χ2n) is 6.73. The molecule has 0 bridgehead atoms. The quantitative estimate of drug-likeness (QED) is 0.335. The van der Waals surface area contributed by atoms with Crippen LogP contribution in [-0.4, -0.2) is 22.4 Å². The van der Waals surface area contributed by atoms with E-state index in [1.807, 2.05) is 60.7 Å². The van der Waals surface area contributed by atoms with Gasteiger partial charge in [-0.1, -0.05) is 54.6 Å². The maximum Gasteiger partial charge on any atom is 0.277 e. The van der Waals surface area contributed by atoms with Crippen molar-refractivity contribution in [3.8, 4) is 0 Å². The number of allylic oxidation sites excluding steroid dienone is 1. The first-order valence-electron chi connectivity index (χ1n) is 9.49. The summed E-state index contributed by atoms with van der Waals surface area (Å²) in [6, 6.07) is 19.4. The highest BCUT2D eigenvalue weighted by molar-refractivity contribution is 6.09. The number of hydrogen-bond acceptors (Lipinski definition) is 3. The zero-order valence-corrected chi connectivity index (χ0v) is 16.1. The van der Waals surface area contributed by atoms with Crippen LogP contribution in [0.1, 0.15) is 16.1 Å². The minimum atomic E-state index is -0.170. The van der Waals surface area contributed by atoms with Crippen LogP contribution in [0.2, 0.25) is 0 Å². The smallest absolute Gasteiger partial charge is 0.277 e. The lowest BCUT2D eigenvalue weighted by molar-refractivity contribution is 0.0985. The van der Waals surface area contributed by atoms with Gasteiger partial charge in [0.25, 0.3) is 5.91 Å². The second kappa shape index (κ2) is 8.07. The van der Waals surface area contributed by atoms with Crippen molar-refractivity contribution in [3.63, 3.8) is 0 Å². The Morgan fingerprint density at radius 3 is 2.45 bits per heavy atom. The molecule has 0 unspecified atom stereocenters. The molecule has 4 rings (SSSR count). The maximum absolute atomic E-state index is 13.4. The molecule has 29 heavy (non-hydrogen) atoms. The molecular formula is C25H21N3O. The SMILES string of the molecule is C=CCc1ccccc1N(CC=C)C(=O)c1ccc2ccc3cccnc3c2n1. The Bertz CT molecular complexity index is 1230. The van der Waals surface area contributed by atoms with Crippen LogP contribution in [0.5, 0.6) is 0 Å². The highest BCUT2D eigenvalue weighted by atomic mass is 16.2. The molecule has 2 aromatic heterocycles. The van der Waals surface area contributed by atoms with Crippen molar-refractivity contribution in [3.05, 3.63) is 103 Å². The Kier molecular flexibility index (Phi) is 5.16. The van der Waals surface area contributed by atoms with Gasteiger partial charge in [-0.3, -0.25) is 9.78 Å². The van der Waals surface area contributed by atoms with Crippen molar-refractivity contribution >= 4 is 33.4 Å². The van der Waals surface area contributed by atoms with E-state index in [0.717, 1.165) is 33.1 Å². The van der Waals surface area contributed by atoms with Crippen LogP contribution in [0, 0.1) is 0 Å². The second-order valence-corrected chi connectivity index (χ2v) is 6.73. The van der Waals surface area contributed by atoms with Gasteiger partial charge in [0.1, 0.15) is 5.69 Å². The number of amides is 1. The molecule has 0 radical (unpaired) electrons. The summed E-state index contributed by atoms with van der Waals surface area (Å²) in [7, 11) is 0. The highest BCUT2D eigenvalue weighted by Crippen LogP contribution is 2.25. The Hall–Kier alpha value is -3.79. The lowest BCUT2D eigenvalue weighted by atomic mass is 10.1. The van der Waals surface area contributed by atoms with Gasteiger partial charge in [-0.15, -0.1) is 13.2 Å². The average Bonchev–Trinajstić information content (AvgIpc) is 2.77. The summed E-state index contributed by atoms with van der Waals surface area (Å²) in [6.07, 6.45) is 5.98. The van der Waals surface area contributed by atoms with Crippen molar-refractivity contribution in [2.24, 2.45) is 0 Å². The predicted molar refractivity (Wildman–Crippen MR) is 119 cm³/mol. The molecule has 4 heteroatoms. The number of carbonyl (C=O) groups excluding carboxylic acids is 1. The van der Waals surface area contributed by atoms with Crippen LogP contribution in [0.15, 0.2) is 92.2 Å². The molecule has 0 fully saturated rings. The standard InChI is InChI=1S/C25H21N3O/c1-3-8-18-9-5-6-11-22(18)28(17-4-2)25(29)21-15-14-20-13-12-19-10-7-16-26-23(19)24(20)27-21/h3-7,9-16H,1-2,8,17H2. The number of para-hydroxylation sites is 1. The number of nitrogens with zero attached hydrogens (tertiary/aromatic N) is 3. The van der Waals surface area contributed by atoms with Crippen molar-refractivity contribution < 1.29 is 4.79 Å². The Morgan fingerprint density at radius 1 is 0.897 bits per heavy atom. The summed E-state index contributed by atoms with van der Waals surface area (Å²) in [5, 5.41) is 1.95. The lowest BCUT2D eigenvalue weighted by Gasteiger charge is -2.23. The van der Waals surface area contributed by atoms with Gasteiger partial charge in [-0.05, 0) is 30.2 Å². The van der Waals surface area contributed by atoms with E-state index < -0.39 is 0 Å². The lowest BCUT2D eigenvalue weighted by Crippen LogP contribution is -2.32. The van der Waals surface area contributed by atoms with E-state index >= 15 is 0 Å². The van der Waals surface area contributed by atoms with E-state index in [2.05, 4.69) is 18.1 Å². The Morgan fingerprint density at radius 2 is 1.66 bits per heavy atom. The van der Waals surface area contributed by atoms with Crippen molar-refractivity contribution in [1.82, 2.24) is 9.97 Å². The van der Waals surface area contributed by atoms with Gasteiger partial charge in [-0.25, -0.2) is 4.98 Å². The molecule has 0 N–H and O–H groups in total. The van der Waals surface area contributed by atoms with Gasteiger partial charge in [0.05, 0.1) is 11.0 Å². The van der Waals surface area contributed by atoms with E-state index in [4.69, 9.17) is 4.98 Å². The molecule has 0 aliphatic heterocycles. The molecule has 0 aliphatic rings. The molecule has 0 saturated carbocycles. The molecular weight excluding hydrogens is 358 g/mol. The fourth-order valence-electron chi connectivity index (χ4n) is 3.50. The van der Waals surface area contributed by atoms with Gasteiger partial charge in [-0.2, -0.15) is 0 Å². The number of anilines is 1. The number of carbonyl (C=O) groups is 1. The summed E-state index contributed by atoms with van der Waals surface area (Å²) < 4.78 is 0. The molecule has 0 aliphatic carbocycles. The monoisotopic (exact) mass is 379 g/mol. The van der Waals surface area contributed by atoms with Gasteiger partial charge in [0.2, 0.25) is 0 Å². The average molecular weight is 379 g/mol. The number of hydrogen-bond donors (Lipinski definition) is 0. The summed E-state index contributed by atoms with van der Waals surface area (Å²) in [5.74, 6) is -0.170. The van der Waals surface area contributed by atoms with Crippen molar-refractivity contribution in [1.29, 1.82) is 0 Å². The van der Waals surface area contributed by atoms with Gasteiger partial charge in [0.15, 0.2) is 0 Å². The van der Waals surface area contributed by atoms with Gasteiger partial charge >= 0.3 is 0 Å². The molecule has 4 aromatic rings. The van der Waals surface area contributed by atoms with Crippen LogP contribution in [-0.2, 0) is 6.42 Å². The van der Waals surface area contributed by atoms with Crippen LogP contribution in [0.25, 0.3) is 21.8 Å². The highest BCUT2D eigenvalue weighted by Gasteiger charge is 2.20. The summed E-state index contributed by atoms with van der Waals surface area (Å²) in [6.45, 7) is 8.04. The van der Waals surface area contributed by atoms with Crippen LogP contribution < -0.4 is 4.90 Å². The van der Waals surface area contributed by atoms with E-state index in [0.29, 0.717) is 18.7 Å². The first kappa shape index (κ1) is 18.6. The first-order chi connectivity index (χ1) is 14.2. The third-order valence-electron chi connectivity index (χ3n) is 4.85. The number of fused-ring (bicyclic) bond motifs is 3. The molecule has 4 nitrogen and oxygen atoms in total. The third kappa shape index (κ3) is 3.52. The zero-order valence-electron chi connectivity index (χ0n) is 16.1. The van der Waals surface area contributed by atoms with E-state index in [1.54, 1.807) is 23.2 Å². The van der Waals surface area contributed by atoms with Crippen LogP contribution >= 0.6 is 0 Å². The summed E-state index contributed by atoms with van der Waals surface area (Å²) >= 11 is 0. The summed E-state index contributed by atoms with van der Waals surface area (Å²) in [4.78, 5) is 24.3. The molecule has 0 atom stereocenters. The predicted octanol–water partition coefficient (Wildman–Crippen LogP) is 5.34. The third-order valence-corrected chi connectivity index (χ3v) is 4.85. The van der Waals surface area contributed by atoms with E-state index in [1.165, 1.54) is 0 Å². The minimum Gasteiger partial charge on any atom is -0.303 e. The van der Waals surface area contributed by atoms with Crippen LogP contribution in [0.3, 0.4) is 0 Å². The van der Waals surface area contributed by atoms with E-state index in [9.17, 15) is 4.79 Å². The molecule has 2 heterocycles. The fourth-order valence-corrected chi connectivity index (χ4v) is 3.50. The first-order valence-corrected chi connectivity index (χ1v) is 9.49. The minimum absolute atomic E-state index is 0.170. The number of pyridine rings is 2. The largest absolute Gasteiger partial charge is 0.303 e. The van der Waals surface area contributed by atoms with Gasteiger partial charge < -0.3 is 4.90 Å². The number of rotatable bonds is 6. The maximum atomic E-state index is 13.4. The van der Waals surface area contributed by atoms with Crippen LogP contribution in [0.4, 0.5) is 5.69 Å². The fraction of sp³-hybridized carbons (Fsp3) is 0.0800. The topological polar surface area (TPSA) is 46.1 Å². The number of benzene rings is 2.